The molecule has 0 aliphatic carbocycles. The molecule has 29 heavy (non-hydrogen) atoms. The summed E-state index contributed by atoms with van der Waals surface area (Å²) in [4.78, 5) is 24.3. The van der Waals surface area contributed by atoms with Gasteiger partial charge in [-0.25, -0.2) is 0 Å². The molecule has 1 aromatic rings. The standard InChI is InChI=1S/C20H25N5O4/c1-28-15-7-13(8-16(9-15)29-2)3-4-17(21)18(20(23)27)19(22)24-10-14-5-6-25(11-14)12-26/h7-9,12,14,21,24H,5-6,10-11,22H2,1-2H3,(H2,23,27)/b19-18+,21-17?. The Morgan fingerprint density at radius 2 is 1.97 bits per heavy atom. The summed E-state index contributed by atoms with van der Waals surface area (Å²) < 4.78 is 10.4. The van der Waals surface area contributed by atoms with E-state index >= 15 is 0 Å². The van der Waals surface area contributed by atoms with E-state index in [-0.39, 0.29) is 23.0 Å². The Bertz CT molecular complexity index is 862. The molecule has 0 aromatic heterocycles. The number of likely N-dealkylation sites (tertiary alicyclic amines) is 1. The molecule has 9 nitrogen and oxygen atoms in total. The Balaban J connectivity index is 2.15. The molecule has 0 saturated carbocycles. The fourth-order valence-electron chi connectivity index (χ4n) is 2.94. The van der Waals surface area contributed by atoms with Crippen molar-refractivity contribution < 1.29 is 19.1 Å². The fraction of sp³-hybridized carbons (Fsp3) is 0.350. The molecule has 1 aliphatic heterocycles. The number of carbonyl (C=O) groups excluding carboxylic acids is 2. The summed E-state index contributed by atoms with van der Waals surface area (Å²) >= 11 is 0. The molecule has 1 fully saturated rings. The Morgan fingerprint density at radius 3 is 2.48 bits per heavy atom. The summed E-state index contributed by atoms with van der Waals surface area (Å²) in [5.41, 5.74) is 11.4. The van der Waals surface area contributed by atoms with Crippen molar-refractivity contribution in [3.05, 3.63) is 35.2 Å². The molecule has 1 heterocycles. The highest BCUT2D eigenvalue weighted by molar-refractivity contribution is 6.27. The van der Waals surface area contributed by atoms with Gasteiger partial charge in [-0.2, -0.15) is 0 Å². The lowest BCUT2D eigenvalue weighted by molar-refractivity contribution is -0.117. The van der Waals surface area contributed by atoms with Crippen LogP contribution in [0.4, 0.5) is 0 Å². The van der Waals surface area contributed by atoms with Crippen LogP contribution in [0.2, 0.25) is 0 Å². The van der Waals surface area contributed by atoms with Gasteiger partial charge in [-0.05, 0) is 30.4 Å². The van der Waals surface area contributed by atoms with Gasteiger partial charge in [0.15, 0.2) is 0 Å². The lowest BCUT2D eigenvalue weighted by Crippen LogP contribution is -2.34. The number of amides is 2. The van der Waals surface area contributed by atoms with Crippen molar-refractivity contribution in [1.29, 1.82) is 5.41 Å². The molecule has 1 atom stereocenters. The summed E-state index contributed by atoms with van der Waals surface area (Å²) in [7, 11) is 3.04. The minimum absolute atomic E-state index is 0.00965. The van der Waals surface area contributed by atoms with Gasteiger partial charge in [-0.15, -0.1) is 0 Å². The topological polar surface area (TPSA) is 144 Å². The SMILES string of the molecule is COc1cc(C#CC(=N)/C(C(N)=O)=C(/N)NCC2CCN(C=O)C2)cc(OC)c1. The van der Waals surface area contributed by atoms with E-state index < -0.39 is 5.91 Å². The number of methoxy groups -OCH3 is 2. The van der Waals surface area contributed by atoms with E-state index in [1.807, 2.05) is 0 Å². The van der Waals surface area contributed by atoms with E-state index in [0.29, 0.717) is 36.7 Å². The normalized spacial score (nSPS) is 16.2. The predicted molar refractivity (Wildman–Crippen MR) is 108 cm³/mol. The largest absolute Gasteiger partial charge is 0.497 e. The predicted octanol–water partition coefficient (Wildman–Crippen LogP) is -0.201. The van der Waals surface area contributed by atoms with Gasteiger partial charge in [0, 0.05) is 31.3 Å². The third-order valence-corrected chi connectivity index (χ3v) is 4.50. The van der Waals surface area contributed by atoms with Crippen LogP contribution in [0.1, 0.15) is 12.0 Å². The molecule has 0 bridgehead atoms. The van der Waals surface area contributed by atoms with Crippen LogP contribution in [0.25, 0.3) is 0 Å². The van der Waals surface area contributed by atoms with Crippen LogP contribution in [0.3, 0.4) is 0 Å². The Kier molecular flexibility index (Phi) is 7.48. The first kappa shape index (κ1) is 21.6. The third kappa shape index (κ3) is 5.90. The van der Waals surface area contributed by atoms with Crippen molar-refractivity contribution in [1.82, 2.24) is 10.2 Å². The molecule has 1 saturated heterocycles. The van der Waals surface area contributed by atoms with Gasteiger partial charge in [-0.3, -0.25) is 15.0 Å². The van der Waals surface area contributed by atoms with Crippen LogP contribution in [0.15, 0.2) is 29.6 Å². The Labute approximate surface area is 169 Å². The van der Waals surface area contributed by atoms with E-state index in [9.17, 15) is 9.59 Å². The number of nitrogens with zero attached hydrogens (tertiary/aromatic N) is 1. The van der Waals surface area contributed by atoms with E-state index in [4.69, 9.17) is 26.4 Å². The number of carbonyl (C=O) groups is 2. The first-order valence-corrected chi connectivity index (χ1v) is 8.94. The molecule has 1 unspecified atom stereocenters. The Morgan fingerprint density at radius 1 is 1.31 bits per heavy atom. The quantitative estimate of drug-likeness (QED) is 0.206. The average molecular weight is 399 g/mol. The van der Waals surface area contributed by atoms with Crippen molar-refractivity contribution in [2.75, 3.05) is 33.9 Å². The highest BCUT2D eigenvalue weighted by atomic mass is 16.5. The second kappa shape index (κ2) is 10.0. The zero-order valence-corrected chi connectivity index (χ0v) is 16.5. The van der Waals surface area contributed by atoms with Crippen molar-refractivity contribution in [3.63, 3.8) is 0 Å². The van der Waals surface area contributed by atoms with E-state index in [1.54, 1.807) is 23.1 Å². The van der Waals surface area contributed by atoms with Gasteiger partial charge in [-0.1, -0.05) is 5.92 Å². The molecule has 0 radical (unpaired) electrons. The van der Waals surface area contributed by atoms with Crippen LogP contribution in [0, 0.1) is 23.2 Å². The number of nitrogens with one attached hydrogen (secondary N) is 2. The lowest BCUT2D eigenvalue weighted by atomic mass is 10.1. The van der Waals surface area contributed by atoms with Gasteiger partial charge < -0.3 is 31.2 Å². The number of nitrogens with two attached hydrogens (primary N) is 2. The molecule has 1 aromatic carbocycles. The van der Waals surface area contributed by atoms with Gasteiger partial charge in [0.05, 0.1) is 14.2 Å². The van der Waals surface area contributed by atoms with Gasteiger partial charge in [0.25, 0.3) is 5.91 Å². The smallest absolute Gasteiger partial charge is 0.255 e. The van der Waals surface area contributed by atoms with Crippen molar-refractivity contribution in [2.45, 2.75) is 6.42 Å². The third-order valence-electron chi connectivity index (χ3n) is 4.50. The maximum atomic E-state index is 11.8. The zero-order chi connectivity index (χ0) is 21.4. The van der Waals surface area contributed by atoms with E-state index in [1.165, 1.54) is 14.2 Å². The minimum Gasteiger partial charge on any atom is -0.497 e. The van der Waals surface area contributed by atoms with E-state index in [0.717, 1.165) is 12.8 Å². The summed E-state index contributed by atoms with van der Waals surface area (Å²) in [6.45, 7) is 1.76. The summed E-state index contributed by atoms with van der Waals surface area (Å²) in [6.07, 6.45) is 1.65. The highest BCUT2D eigenvalue weighted by Crippen LogP contribution is 2.21. The van der Waals surface area contributed by atoms with Gasteiger partial charge >= 0.3 is 0 Å². The van der Waals surface area contributed by atoms with Crippen LogP contribution in [-0.4, -0.2) is 56.8 Å². The van der Waals surface area contributed by atoms with Gasteiger partial charge in [0.2, 0.25) is 6.41 Å². The van der Waals surface area contributed by atoms with Crippen LogP contribution >= 0.6 is 0 Å². The van der Waals surface area contributed by atoms with Crippen LogP contribution in [-0.2, 0) is 9.59 Å². The van der Waals surface area contributed by atoms with Gasteiger partial charge in [0.1, 0.15) is 28.6 Å². The van der Waals surface area contributed by atoms with Crippen LogP contribution < -0.4 is 26.3 Å². The molecule has 0 spiro atoms. The van der Waals surface area contributed by atoms with Crippen molar-refractivity contribution in [3.8, 4) is 23.3 Å². The first-order chi connectivity index (χ1) is 13.9. The molecule has 2 amide bonds. The number of rotatable bonds is 8. The Hall–Kier alpha value is -3.67. The second-order valence-electron chi connectivity index (χ2n) is 6.52. The minimum atomic E-state index is -0.849. The van der Waals surface area contributed by atoms with Crippen molar-refractivity contribution in [2.24, 2.45) is 17.4 Å². The monoisotopic (exact) mass is 399 g/mol. The first-order valence-electron chi connectivity index (χ1n) is 8.94. The van der Waals surface area contributed by atoms with E-state index in [2.05, 4.69) is 17.2 Å². The summed E-state index contributed by atoms with van der Waals surface area (Å²) in [5.74, 6) is 5.83. The molecular formula is C20H25N5O4. The number of benzene rings is 1. The van der Waals surface area contributed by atoms with Crippen molar-refractivity contribution >= 4 is 18.0 Å². The average Bonchev–Trinajstić information content (AvgIpc) is 3.18. The number of ether oxygens (including phenoxy) is 2. The summed E-state index contributed by atoms with van der Waals surface area (Å²) in [5, 5.41) is 11.1. The molecule has 6 N–H and O–H groups in total. The maximum absolute atomic E-state index is 11.8. The highest BCUT2D eigenvalue weighted by Gasteiger charge is 2.22. The number of primary amides is 1. The molecule has 1 aliphatic rings. The zero-order valence-electron chi connectivity index (χ0n) is 16.5. The molecular weight excluding hydrogens is 374 g/mol. The molecule has 9 heteroatoms. The second-order valence-corrected chi connectivity index (χ2v) is 6.52. The maximum Gasteiger partial charge on any atom is 0.255 e. The molecule has 154 valence electrons. The number of hydrogen-bond acceptors (Lipinski definition) is 7. The lowest BCUT2D eigenvalue weighted by Gasteiger charge is -2.14. The summed E-state index contributed by atoms with van der Waals surface area (Å²) in [6, 6.07) is 5.05. The molecule has 2 rings (SSSR count). The fourth-order valence-corrected chi connectivity index (χ4v) is 2.94. The number of hydrogen-bond donors (Lipinski definition) is 4. The van der Waals surface area contributed by atoms with Crippen LogP contribution in [0.5, 0.6) is 11.5 Å².